The van der Waals surface area contributed by atoms with Gasteiger partial charge in [0.2, 0.25) is 5.91 Å². The lowest BCUT2D eigenvalue weighted by Crippen LogP contribution is -2.38. The average molecular weight is 291 g/mol. The summed E-state index contributed by atoms with van der Waals surface area (Å²) in [6.45, 7) is 2.63. The van der Waals surface area contributed by atoms with Crippen LogP contribution in [0.1, 0.15) is 25.3 Å². The summed E-state index contributed by atoms with van der Waals surface area (Å²) in [6.07, 6.45) is 1.50. The van der Waals surface area contributed by atoms with Crippen LogP contribution in [0.3, 0.4) is 0 Å². The van der Waals surface area contributed by atoms with Crippen LogP contribution < -0.4 is 0 Å². The fourth-order valence-electron chi connectivity index (χ4n) is 3.28. The van der Waals surface area contributed by atoms with Crippen molar-refractivity contribution >= 4 is 11.9 Å². The highest BCUT2D eigenvalue weighted by molar-refractivity contribution is 5.92. The van der Waals surface area contributed by atoms with Gasteiger partial charge < -0.3 is 10.0 Å². The molecule has 0 spiro atoms. The third-order valence-electron chi connectivity index (χ3n) is 4.77. The Balaban J connectivity index is 1.80. The molecule has 5 heteroatoms. The standard InChI is InChI=1S/C16H18FNO3/c1-10-8-18(9-13(10)14(19)20)15(21)16(6-7-16)11-2-4-12(17)5-3-11/h2-5,10,13H,6-9H2,1H3,(H,19,20)/t10-,13-/m1/s1. The highest BCUT2D eigenvalue weighted by atomic mass is 19.1. The number of nitrogens with zero attached hydrogens (tertiary/aromatic N) is 1. The van der Waals surface area contributed by atoms with Crippen LogP contribution >= 0.6 is 0 Å². The van der Waals surface area contributed by atoms with E-state index in [-0.39, 0.29) is 24.2 Å². The Morgan fingerprint density at radius 1 is 1.24 bits per heavy atom. The minimum absolute atomic E-state index is 0.00953. The van der Waals surface area contributed by atoms with Gasteiger partial charge in [-0.15, -0.1) is 0 Å². The molecule has 112 valence electrons. The largest absolute Gasteiger partial charge is 0.481 e. The maximum atomic E-state index is 13.0. The molecule has 1 N–H and O–H groups in total. The van der Waals surface area contributed by atoms with Crippen molar-refractivity contribution in [3.63, 3.8) is 0 Å². The number of carboxylic acid groups (broad SMARTS) is 1. The van der Waals surface area contributed by atoms with E-state index in [9.17, 15) is 14.0 Å². The average Bonchev–Trinajstić information content (AvgIpc) is 3.16. The second kappa shape index (κ2) is 4.83. The molecule has 2 atom stereocenters. The van der Waals surface area contributed by atoms with Gasteiger partial charge in [-0.2, -0.15) is 0 Å². The number of amides is 1. The van der Waals surface area contributed by atoms with E-state index in [0.29, 0.717) is 6.54 Å². The van der Waals surface area contributed by atoms with Crippen molar-refractivity contribution in [2.45, 2.75) is 25.2 Å². The van der Waals surface area contributed by atoms with Crippen LogP contribution in [0.4, 0.5) is 4.39 Å². The summed E-state index contributed by atoms with van der Waals surface area (Å²) in [5.41, 5.74) is 0.279. The molecule has 0 unspecified atom stereocenters. The van der Waals surface area contributed by atoms with Gasteiger partial charge in [0.25, 0.3) is 0 Å². The van der Waals surface area contributed by atoms with Gasteiger partial charge in [-0.3, -0.25) is 9.59 Å². The molecule has 1 aliphatic heterocycles. The molecule has 1 aromatic carbocycles. The zero-order valence-electron chi connectivity index (χ0n) is 11.9. The van der Waals surface area contributed by atoms with Gasteiger partial charge in [-0.25, -0.2) is 4.39 Å². The Morgan fingerprint density at radius 3 is 2.33 bits per heavy atom. The van der Waals surface area contributed by atoms with Gasteiger partial charge in [0, 0.05) is 13.1 Å². The summed E-state index contributed by atoms with van der Waals surface area (Å²) in [4.78, 5) is 25.6. The number of rotatable bonds is 3. The number of benzene rings is 1. The molecular formula is C16H18FNO3. The molecule has 3 rings (SSSR count). The van der Waals surface area contributed by atoms with E-state index >= 15 is 0 Å². The van der Waals surface area contributed by atoms with Crippen LogP contribution in [0.25, 0.3) is 0 Å². The van der Waals surface area contributed by atoms with Gasteiger partial charge >= 0.3 is 5.97 Å². The van der Waals surface area contributed by atoms with Crippen molar-refractivity contribution in [1.29, 1.82) is 0 Å². The second-order valence-corrected chi connectivity index (χ2v) is 6.22. The molecular weight excluding hydrogens is 273 g/mol. The Morgan fingerprint density at radius 2 is 1.86 bits per heavy atom. The lowest BCUT2D eigenvalue weighted by atomic mass is 9.94. The van der Waals surface area contributed by atoms with E-state index < -0.39 is 17.3 Å². The van der Waals surface area contributed by atoms with Gasteiger partial charge in [0.05, 0.1) is 11.3 Å². The van der Waals surface area contributed by atoms with Gasteiger partial charge in [-0.1, -0.05) is 19.1 Å². The topological polar surface area (TPSA) is 57.6 Å². The first kappa shape index (κ1) is 14.0. The SMILES string of the molecule is C[C@@H]1CN(C(=O)C2(c3ccc(F)cc3)CC2)C[C@H]1C(=O)O. The predicted octanol–water partition coefficient (Wildman–Crippen LogP) is 2.04. The Kier molecular flexibility index (Phi) is 3.23. The van der Waals surface area contributed by atoms with Crippen LogP contribution in [-0.4, -0.2) is 35.0 Å². The van der Waals surface area contributed by atoms with E-state index in [2.05, 4.69) is 0 Å². The first-order valence-corrected chi connectivity index (χ1v) is 7.22. The lowest BCUT2D eigenvalue weighted by molar-refractivity contribution is -0.142. The van der Waals surface area contributed by atoms with Crippen LogP contribution in [0.2, 0.25) is 0 Å². The van der Waals surface area contributed by atoms with Crippen LogP contribution in [0.5, 0.6) is 0 Å². The fourth-order valence-corrected chi connectivity index (χ4v) is 3.28. The maximum Gasteiger partial charge on any atom is 0.308 e. The smallest absolute Gasteiger partial charge is 0.308 e. The predicted molar refractivity (Wildman–Crippen MR) is 74.2 cm³/mol. The van der Waals surface area contributed by atoms with E-state index in [1.54, 1.807) is 17.0 Å². The number of hydrogen-bond acceptors (Lipinski definition) is 2. The van der Waals surface area contributed by atoms with Crippen molar-refractivity contribution in [3.8, 4) is 0 Å². The van der Waals surface area contributed by atoms with E-state index in [4.69, 9.17) is 5.11 Å². The summed E-state index contributed by atoms with van der Waals surface area (Å²) in [5, 5.41) is 9.17. The normalized spacial score (nSPS) is 26.7. The first-order chi connectivity index (χ1) is 9.94. The Labute approximate surface area is 122 Å². The highest BCUT2D eigenvalue weighted by Crippen LogP contribution is 2.50. The Bertz CT molecular complexity index is 580. The molecule has 0 bridgehead atoms. The van der Waals surface area contributed by atoms with Crippen molar-refractivity contribution in [3.05, 3.63) is 35.6 Å². The van der Waals surface area contributed by atoms with Crippen molar-refractivity contribution < 1.29 is 19.1 Å². The van der Waals surface area contributed by atoms with Crippen molar-refractivity contribution in [2.75, 3.05) is 13.1 Å². The van der Waals surface area contributed by atoms with Crippen LogP contribution in [0.15, 0.2) is 24.3 Å². The monoisotopic (exact) mass is 291 g/mol. The summed E-state index contributed by atoms with van der Waals surface area (Å²) in [7, 11) is 0. The summed E-state index contributed by atoms with van der Waals surface area (Å²) in [5.74, 6) is -1.69. The number of carbonyl (C=O) groups is 2. The van der Waals surface area contributed by atoms with Crippen LogP contribution in [0, 0.1) is 17.7 Å². The molecule has 1 aliphatic carbocycles. The lowest BCUT2D eigenvalue weighted by Gasteiger charge is -2.23. The molecule has 2 fully saturated rings. The fraction of sp³-hybridized carbons (Fsp3) is 0.500. The summed E-state index contributed by atoms with van der Waals surface area (Å²) < 4.78 is 13.0. The van der Waals surface area contributed by atoms with E-state index in [0.717, 1.165) is 18.4 Å². The van der Waals surface area contributed by atoms with Gasteiger partial charge in [-0.05, 0) is 36.5 Å². The van der Waals surface area contributed by atoms with Crippen molar-refractivity contribution in [2.24, 2.45) is 11.8 Å². The zero-order chi connectivity index (χ0) is 15.2. The maximum absolute atomic E-state index is 13.0. The molecule has 1 saturated heterocycles. The molecule has 4 nitrogen and oxygen atoms in total. The number of aliphatic carboxylic acids is 1. The van der Waals surface area contributed by atoms with Crippen LogP contribution in [-0.2, 0) is 15.0 Å². The molecule has 1 heterocycles. The van der Waals surface area contributed by atoms with Crippen molar-refractivity contribution in [1.82, 2.24) is 4.90 Å². The molecule has 2 aliphatic rings. The number of carbonyl (C=O) groups excluding carboxylic acids is 1. The summed E-state index contributed by atoms with van der Waals surface area (Å²) >= 11 is 0. The molecule has 0 radical (unpaired) electrons. The molecule has 21 heavy (non-hydrogen) atoms. The number of halogens is 1. The molecule has 0 aromatic heterocycles. The zero-order valence-corrected chi connectivity index (χ0v) is 11.9. The van der Waals surface area contributed by atoms with Gasteiger partial charge in [0.1, 0.15) is 5.82 Å². The molecule has 1 saturated carbocycles. The minimum Gasteiger partial charge on any atom is -0.481 e. The van der Waals surface area contributed by atoms with Gasteiger partial charge in [0.15, 0.2) is 0 Å². The Hall–Kier alpha value is -1.91. The number of hydrogen-bond donors (Lipinski definition) is 1. The third-order valence-corrected chi connectivity index (χ3v) is 4.77. The minimum atomic E-state index is -0.843. The summed E-state index contributed by atoms with van der Waals surface area (Å²) in [6, 6.07) is 6.06. The number of likely N-dealkylation sites (tertiary alicyclic amines) is 1. The molecule has 1 aromatic rings. The van der Waals surface area contributed by atoms with E-state index in [1.165, 1.54) is 12.1 Å². The quantitative estimate of drug-likeness (QED) is 0.927. The first-order valence-electron chi connectivity index (χ1n) is 7.22. The molecule has 1 amide bonds. The third kappa shape index (κ3) is 2.30. The van der Waals surface area contributed by atoms with E-state index in [1.807, 2.05) is 6.92 Å². The highest BCUT2D eigenvalue weighted by Gasteiger charge is 2.54. The number of carboxylic acids is 1. The second-order valence-electron chi connectivity index (χ2n) is 6.22.